The first kappa shape index (κ1) is 37.4. The van der Waals surface area contributed by atoms with Crippen molar-refractivity contribution in [3.8, 4) is 28.3 Å². The molecule has 51 heavy (non-hydrogen) atoms. The second kappa shape index (κ2) is 17.4. The number of nitrogens with zero attached hydrogens (tertiary/aromatic N) is 3. The number of aliphatic hydroxyl groups is 1. The number of unbranched alkanes of at least 4 members (excludes halogenated alkanes) is 4. The highest BCUT2D eigenvalue weighted by molar-refractivity contribution is 5.94. The number of hydrogen-bond donors (Lipinski definition) is 3. The number of nitrogens with one attached hydrogen (secondary N) is 1. The van der Waals surface area contributed by atoms with Crippen molar-refractivity contribution in [2.45, 2.75) is 89.9 Å². The van der Waals surface area contributed by atoms with Gasteiger partial charge in [-0.25, -0.2) is 9.97 Å². The molecule has 3 aromatic carbocycles. The van der Waals surface area contributed by atoms with Crippen LogP contribution in [-0.4, -0.2) is 68.4 Å². The lowest BCUT2D eigenvalue weighted by molar-refractivity contribution is -0.145. The third kappa shape index (κ3) is 10.1. The minimum atomic E-state index is -1.24. The van der Waals surface area contributed by atoms with Gasteiger partial charge in [0, 0.05) is 35.6 Å². The summed E-state index contributed by atoms with van der Waals surface area (Å²) in [6.07, 6.45) is 11.9. The van der Waals surface area contributed by atoms with Gasteiger partial charge in [-0.05, 0) is 59.2 Å². The zero-order valence-electron chi connectivity index (χ0n) is 30.1. The molecule has 1 aliphatic heterocycles. The summed E-state index contributed by atoms with van der Waals surface area (Å²) < 4.78 is 5.90. The lowest BCUT2D eigenvalue weighted by atomic mass is 9.86. The van der Waals surface area contributed by atoms with Gasteiger partial charge in [0.05, 0.1) is 12.6 Å². The van der Waals surface area contributed by atoms with Crippen LogP contribution < -0.4 is 10.1 Å². The second-order valence-electron chi connectivity index (χ2n) is 14.2. The van der Waals surface area contributed by atoms with E-state index in [1.165, 1.54) is 30.6 Å². The second-order valence-corrected chi connectivity index (χ2v) is 14.2. The first-order valence-corrected chi connectivity index (χ1v) is 17.9. The molecule has 2 heterocycles. The number of hydrogen-bond acceptors (Lipinski definition) is 7. The normalized spacial score (nSPS) is 15.7. The van der Waals surface area contributed by atoms with Gasteiger partial charge < -0.3 is 20.3 Å². The van der Waals surface area contributed by atoms with E-state index < -0.39 is 24.3 Å². The molecule has 5 rings (SSSR count). The maximum atomic E-state index is 13.4. The Morgan fingerprint density at radius 3 is 2.16 bits per heavy atom. The molecule has 9 nitrogen and oxygen atoms in total. The van der Waals surface area contributed by atoms with Crippen LogP contribution in [0.2, 0.25) is 0 Å². The van der Waals surface area contributed by atoms with Crippen molar-refractivity contribution in [1.82, 2.24) is 20.2 Å². The van der Waals surface area contributed by atoms with Crippen molar-refractivity contribution in [1.29, 1.82) is 0 Å². The average molecular weight is 691 g/mol. The summed E-state index contributed by atoms with van der Waals surface area (Å²) in [5, 5.41) is 24.2. The number of carboxylic acid groups (broad SMARTS) is 1. The third-order valence-corrected chi connectivity index (χ3v) is 9.30. The molecule has 2 unspecified atom stereocenters. The number of carboxylic acids is 1. The Kier molecular flexibility index (Phi) is 12.7. The number of carbonyl (C=O) groups excluding carboxylic acids is 1. The van der Waals surface area contributed by atoms with E-state index in [0.29, 0.717) is 11.4 Å². The zero-order chi connectivity index (χ0) is 36.4. The van der Waals surface area contributed by atoms with Crippen LogP contribution in [0.4, 0.5) is 0 Å². The maximum absolute atomic E-state index is 13.4. The number of aromatic nitrogens is 2. The minimum Gasteiger partial charge on any atom is -0.494 e. The molecule has 268 valence electrons. The Morgan fingerprint density at radius 1 is 0.882 bits per heavy atom. The molecular weight excluding hydrogens is 640 g/mol. The van der Waals surface area contributed by atoms with Crippen LogP contribution >= 0.6 is 0 Å². The minimum absolute atomic E-state index is 0.0592. The number of carbonyl (C=O) groups is 2. The fourth-order valence-electron chi connectivity index (χ4n) is 6.18. The van der Waals surface area contributed by atoms with Crippen molar-refractivity contribution >= 4 is 11.9 Å². The van der Waals surface area contributed by atoms with Crippen LogP contribution in [0, 0.1) is 0 Å². The molecule has 0 spiro atoms. The van der Waals surface area contributed by atoms with Gasteiger partial charge in [0.15, 0.2) is 5.82 Å². The molecule has 3 N–H and O–H groups in total. The summed E-state index contributed by atoms with van der Waals surface area (Å²) in [6, 6.07) is 21.3. The Bertz CT molecular complexity index is 1750. The monoisotopic (exact) mass is 690 g/mol. The summed E-state index contributed by atoms with van der Waals surface area (Å²) in [5.41, 5.74) is 5.08. The van der Waals surface area contributed by atoms with E-state index in [-0.39, 0.29) is 24.3 Å². The summed E-state index contributed by atoms with van der Waals surface area (Å²) in [4.78, 5) is 36.0. The standard InChI is InChI=1S/C42H50N4O5/c1-5-6-7-8-9-25-51-35-22-18-30(19-23-35)33-27-43-38(44-28-33)31-14-12-29(13-15-31)26-36(40(48)46-24-10-11-37(46)41(49)50)45-39(47)32-16-20-34(21-17-32)42(2,3)4/h10-23,27-28,36-37,40,48H,5-9,24-26H2,1-4H3,(H,45,47)(H,49,50)/t36-,37?,40?/m0/s1. The van der Waals surface area contributed by atoms with Gasteiger partial charge in [-0.1, -0.05) is 114 Å². The molecule has 0 fully saturated rings. The molecule has 0 saturated heterocycles. The molecule has 0 saturated carbocycles. The molecule has 0 aliphatic carbocycles. The van der Waals surface area contributed by atoms with Crippen molar-refractivity contribution in [3.63, 3.8) is 0 Å². The highest BCUT2D eigenvalue weighted by Crippen LogP contribution is 2.25. The molecule has 9 heteroatoms. The SMILES string of the molecule is CCCCCCCOc1ccc(-c2cnc(-c3ccc(C[C@H](NC(=O)c4ccc(C(C)(C)C)cc4)C(O)N4CC=CC4C(=O)O)cc3)nc2)cc1. The van der Waals surface area contributed by atoms with Crippen LogP contribution in [0.3, 0.4) is 0 Å². The molecule has 3 atom stereocenters. The number of aliphatic carboxylic acids is 1. The molecule has 1 aromatic heterocycles. The number of benzene rings is 3. The topological polar surface area (TPSA) is 125 Å². The zero-order valence-corrected chi connectivity index (χ0v) is 30.1. The average Bonchev–Trinajstić information content (AvgIpc) is 3.64. The van der Waals surface area contributed by atoms with E-state index in [0.717, 1.165) is 46.6 Å². The van der Waals surface area contributed by atoms with Crippen LogP contribution in [0.25, 0.3) is 22.5 Å². The van der Waals surface area contributed by atoms with Gasteiger partial charge in [-0.2, -0.15) is 0 Å². The van der Waals surface area contributed by atoms with E-state index in [4.69, 9.17) is 4.74 Å². The van der Waals surface area contributed by atoms with Gasteiger partial charge in [-0.3, -0.25) is 14.5 Å². The van der Waals surface area contributed by atoms with Crippen molar-refractivity contribution < 1.29 is 24.5 Å². The Labute approximate surface area is 301 Å². The van der Waals surface area contributed by atoms with Gasteiger partial charge in [0.25, 0.3) is 5.91 Å². The van der Waals surface area contributed by atoms with Crippen LogP contribution in [0.1, 0.15) is 81.3 Å². The Balaban J connectivity index is 1.24. The number of aliphatic hydroxyl groups excluding tert-OH is 1. The molecule has 1 aliphatic rings. The van der Waals surface area contributed by atoms with E-state index in [9.17, 15) is 19.8 Å². The Hall–Kier alpha value is -4.86. The molecule has 4 aromatic rings. The lowest BCUT2D eigenvalue weighted by Gasteiger charge is -2.33. The van der Waals surface area contributed by atoms with Gasteiger partial charge in [-0.15, -0.1) is 0 Å². The Morgan fingerprint density at radius 2 is 1.53 bits per heavy atom. The maximum Gasteiger partial charge on any atom is 0.325 e. The lowest BCUT2D eigenvalue weighted by Crippen LogP contribution is -2.55. The van der Waals surface area contributed by atoms with Gasteiger partial charge >= 0.3 is 5.97 Å². The smallest absolute Gasteiger partial charge is 0.325 e. The molecule has 0 bridgehead atoms. The van der Waals surface area contributed by atoms with Crippen LogP contribution in [0.15, 0.2) is 97.3 Å². The highest BCUT2D eigenvalue weighted by Gasteiger charge is 2.36. The fourth-order valence-corrected chi connectivity index (χ4v) is 6.18. The van der Waals surface area contributed by atoms with Crippen LogP contribution in [-0.2, 0) is 16.6 Å². The van der Waals surface area contributed by atoms with E-state index >= 15 is 0 Å². The number of rotatable bonds is 16. The van der Waals surface area contributed by atoms with Crippen molar-refractivity contribution in [3.05, 3.63) is 114 Å². The first-order chi connectivity index (χ1) is 24.5. The van der Waals surface area contributed by atoms with E-state index in [2.05, 4.69) is 43.0 Å². The quantitative estimate of drug-likeness (QED) is 0.0819. The van der Waals surface area contributed by atoms with Crippen molar-refractivity contribution in [2.75, 3.05) is 13.2 Å². The van der Waals surface area contributed by atoms with Gasteiger partial charge in [0.1, 0.15) is 18.0 Å². The predicted octanol–water partition coefficient (Wildman–Crippen LogP) is 7.44. The summed E-state index contributed by atoms with van der Waals surface area (Å²) in [5.74, 6) is 0.0262. The van der Waals surface area contributed by atoms with E-state index in [1.807, 2.05) is 60.7 Å². The molecule has 1 amide bonds. The largest absolute Gasteiger partial charge is 0.494 e. The van der Waals surface area contributed by atoms with Crippen molar-refractivity contribution in [2.24, 2.45) is 0 Å². The summed E-state index contributed by atoms with van der Waals surface area (Å²) in [6.45, 7) is 9.52. The summed E-state index contributed by atoms with van der Waals surface area (Å²) >= 11 is 0. The van der Waals surface area contributed by atoms with Crippen LogP contribution in [0.5, 0.6) is 5.75 Å². The molecular formula is C42H50N4O5. The summed E-state index contributed by atoms with van der Waals surface area (Å²) in [7, 11) is 0. The van der Waals surface area contributed by atoms with Gasteiger partial charge in [0.2, 0.25) is 0 Å². The number of amides is 1. The third-order valence-electron chi connectivity index (χ3n) is 9.30. The molecule has 0 radical (unpaired) electrons. The predicted molar refractivity (Wildman–Crippen MR) is 201 cm³/mol. The number of ether oxygens (including phenoxy) is 1. The highest BCUT2D eigenvalue weighted by atomic mass is 16.5. The van der Waals surface area contributed by atoms with E-state index in [1.54, 1.807) is 36.7 Å². The fraction of sp³-hybridized carbons (Fsp3) is 0.381. The first-order valence-electron chi connectivity index (χ1n) is 17.9.